The summed E-state index contributed by atoms with van der Waals surface area (Å²) in [5.41, 5.74) is 3.62. The van der Waals surface area contributed by atoms with Crippen LogP contribution in [0.25, 0.3) is 22.6 Å². The molecule has 0 radical (unpaired) electrons. The predicted octanol–water partition coefficient (Wildman–Crippen LogP) is 4.77. The Morgan fingerprint density at radius 2 is 2.04 bits per heavy atom. The van der Waals surface area contributed by atoms with Crippen LogP contribution in [0, 0.1) is 0 Å². The largest absolute Gasteiger partial charge is 0.507 e. The van der Waals surface area contributed by atoms with Gasteiger partial charge in [0.2, 0.25) is 11.8 Å². The fourth-order valence-corrected chi connectivity index (χ4v) is 3.01. The van der Waals surface area contributed by atoms with Gasteiger partial charge in [-0.3, -0.25) is 4.79 Å². The van der Waals surface area contributed by atoms with Gasteiger partial charge in [0, 0.05) is 12.1 Å². The molecule has 3 N–H and O–H groups in total. The Balaban J connectivity index is 1.80. The van der Waals surface area contributed by atoms with Crippen molar-refractivity contribution in [1.82, 2.24) is 10.3 Å². The van der Waals surface area contributed by atoms with E-state index in [2.05, 4.69) is 22.5 Å². The molecule has 0 spiro atoms. The number of amides is 1. The monoisotopic (exact) mass is 397 g/mol. The van der Waals surface area contributed by atoms with E-state index in [9.17, 15) is 9.90 Å². The molecule has 0 aliphatic carbocycles. The number of unbranched alkanes of at least 4 members (excludes halogenated alkanes) is 1. The Labute approximate surface area is 169 Å². The number of nitrogens with one attached hydrogen (secondary N) is 2. The Bertz CT molecular complexity index is 1010. The molecular weight excluding hydrogens is 374 g/mol. The standard InChI is InChI=1S/C21H23N3O3S/c1-3-5-6-19(26)24-21(28)22-14-8-9-17(25)15(12-14)20-23-16-11-13(4-2)7-10-18(16)27-20/h7-12,25H,3-6H2,1-2H3,(H2,22,24,26,28). The molecule has 0 atom stereocenters. The summed E-state index contributed by atoms with van der Waals surface area (Å²) in [6.07, 6.45) is 3.10. The molecule has 3 aromatic rings. The van der Waals surface area contributed by atoms with E-state index < -0.39 is 0 Å². The fourth-order valence-electron chi connectivity index (χ4n) is 2.78. The van der Waals surface area contributed by atoms with Crippen molar-refractivity contribution in [3.05, 3.63) is 42.0 Å². The van der Waals surface area contributed by atoms with Crippen molar-refractivity contribution >= 4 is 40.0 Å². The van der Waals surface area contributed by atoms with E-state index in [0.29, 0.717) is 29.1 Å². The highest BCUT2D eigenvalue weighted by Crippen LogP contribution is 2.33. The maximum absolute atomic E-state index is 11.8. The number of phenols is 1. The first kappa shape index (κ1) is 19.8. The van der Waals surface area contributed by atoms with Gasteiger partial charge in [-0.25, -0.2) is 4.98 Å². The molecule has 0 fully saturated rings. The molecule has 146 valence electrons. The number of thiocarbonyl (C=S) groups is 1. The Morgan fingerprint density at radius 1 is 1.21 bits per heavy atom. The molecule has 0 saturated heterocycles. The highest BCUT2D eigenvalue weighted by molar-refractivity contribution is 7.80. The second-order valence-corrected chi connectivity index (χ2v) is 6.92. The zero-order chi connectivity index (χ0) is 20.1. The Morgan fingerprint density at radius 3 is 2.79 bits per heavy atom. The van der Waals surface area contributed by atoms with E-state index in [1.54, 1.807) is 12.1 Å². The quantitative estimate of drug-likeness (QED) is 0.410. The van der Waals surface area contributed by atoms with Crippen LogP contribution in [0.3, 0.4) is 0 Å². The van der Waals surface area contributed by atoms with Crippen molar-refractivity contribution in [1.29, 1.82) is 0 Å². The first-order valence-corrected chi connectivity index (χ1v) is 9.74. The molecule has 6 nitrogen and oxygen atoms in total. The van der Waals surface area contributed by atoms with Gasteiger partial charge in [-0.1, -0.05) is 26.3 Å². The van der Waals surface area contributed by atoms with Gasteiger partial charge in [-0.15, -0.1) is 0 Å². The molecule has 0 saturated carbocycles. The average Bonchev–Trinajstić information content (AvgIpc) is 3.10. The van der Waals surface area contributed by atoms with Crippen molar-refractivity contribution in [2.75, 3.05) is 5.32 Å². The predicted molar refractivity (Wildman–Crippen MR) is 114 cm³/mol. The third-order valence-corrected chi connectivity index (χ3v) is 4.56. The number of rotatable bonds is 6. The van der Waals surface area contributed by atoms with Gasteiger partial charge in [0.25, 0.3) is 0 Å². The number of fused-ring (bicyclic) bond motifs is 1. The second-order valence-electron chi connectivity index (χ2n) is 6.51. The molecule has 2 aromatic carbocycles. The summed E-state index contributed by atoms with van der Waals surface area (Å²) in [6, 6.07) is 10.7. The van der Waals surface area contributed by atoms with Crippen molar-refractivity contribution in [3.63, 3.8) is 0 Å². The molecule has 1 aromatic heterocycles. The van der Waals surface area contributed by atoms with Crippen molar-refractivity contribution in [2.45, 2.75) is 39.5 Å². The highest BCUT2D eigenvalue weighted by Gasteiger charge is 2.14. The smallest absolute Gasteiger partial charge is 0.231 e. The lowest BCUT2D eigenvalue weighted by molar-refractivity contribution is -0.119. The van der Waals surface area contributed by atoms with Crippen LogP contribution in [0.1, 0.15) is 38.7 Å². The molecule has 3 rings (SSSR count). The van der Waals surface area contributed by atoms with Crippen LogP contribution in [0.2, 0.25) is 0 Å². The average molecular weight is 398 g/mol. The Kier molecular flexibility index (Phi) is 6.26. The third-order valence-electron chi connectivity index (χ3n) is 4.36. The lowest BCUT2D eigenvalue weighted by Crippen LogP contribution is -2.33. The van der Waals surface area contributed by atoms with E-state index in [0.717, 1.165) is 30.3 Å². The van der Waals surface area contributed by atoms with Crippen molar-refractivity contribution < 1.29 is 14.3 Å². The van der Waals surface area contributed by atoms with Gasteiger partial charge in [0.05, 0.1) is 5.56 Å². The zero-order valence-electron chi connectivity index (χ0n) is 15.9. The van der Waals surface area contributed by atoms with Crippen LogP contribution in [0.5, 0.6) is 5.75 Å². The number of hydrogen-bond donors (Lipinski definition) is 3. The number of nitrogens with zero attached hydrogens (tertiary/aromatic N) is 1. The first-order valence-electron chi connectivity index (χ1n) is 9.33. The normalized spacial score (nSPS) is 10.8. The molecule has 1 heterocycles. The number of aromatic hydroxyl groups is 1. The van der Waals surface area contributed by atoms with Gasteiger partial charge >= 0.3 is 0 Å². The summed E-state index contributed by atoms with van der Waals surface area (Å²) in [6.45, 7) is 4.10. The molecule has 0 bridgehead atoms. The van der Waals surface area contributed by atoms with E-state index >= 15 is 0 Å². The number of oxazole rings is 1. The van der Waals surface area contributed by atoms with E-state index in [1.807, 2.05) is 25.1 Å². The molecule has 7 heteroatoms. The van der Waals surface area contributed by atoms with Crippen molar-refractivity contribution in [3.8, 4) is 17.2 Å². The second kappa shape index (κ2) is 8.84. The summed E-state index contributed by atoms with van der Waals surface area (Å²) in [7, 11) is 0. The third kappa shape index (κ3) is 4.67. The van der Waals surface area contributed by atoms with Gasteiger partial charge in [0.1, 0.15) is 11.3 Å². The van der Waals surface area contributed by atoms with Gasteiger partial charge in [-0.2, -0.15) is 0 Å². The molecule has 28 heavy (non-hydrogen) atoms. The zero-order valence-corrected chi connectivity index (χ0v) is 16.7. The number of carbonyl (C=O) groups excluding carboxylic acids is 1. The van der Waals surface area contributed by atoms with Crippen LogP contribution in [-0.4, -0.2) is 21.1 Å². The van der Waals surface area contributed by atoms with E-state index in [-0.39, 0.29) is 16.8 Å². The van der Waals surface area contributed by atoms with E-state index in [1.165, 1.54) is 6.07 Å². The molecule has 1 amide bonds. The SMILES string of the molecule is CCCCC(=O)NC(=S)Nc1ccc(O)c(-c2nc3cc(CC)ccc3o2)c1. The summed E-state index contributed by atoms with van der Waals surface area (Å²) in [5, 5.41) is 16.1. The molecule has 0 aliphatic heterocycles. The molecular formula is C21H23N3O3S. The number of carbonyl (C=O) groups is 1. The van der Waals surface area contributed by atoms with Crippen molar-refractivity contribution in [2.24, 2.45) is 0 Å². The highest BCUT2D eigenvalue weighted by atomic mass is 32.1. The van der Waals surface area contributed by atoms with Crippen LogP contribution in [0.15, 0.2) is 40.8 Å². The van der Waals surface area contributed by atoms with Gasteiger partial charge in [-0.05, 0) is 61.0 Å². The fraction of sp³-hybridized carbons (Fsp3) is 0.286. The number of phenolic OH excluding ortho intramolecular Hbond substituents is 1. The number of hydrogen-bond acceptors (Lipinski definition) is 5. The van der Waals surface area contributed by atoms with Crippen LogP contribution < -0.4 is 10.6 Å². The number of aryl methyl sites for hydroxylation is 1. The van der Waals surface area contributed by atoms with Crippen LogP contribution in [-0.2, 0) is 11.2 Å². The Hall–Kier alpha value is -2.93. The van der Waals surface area contributed by atoms with Crippen LogP contribution in [0.4, 0.5) is 5.69 Å². The van der Waals surface area contributed by atoms with Crippen LogP contribution >= 0.6 is 12.2 Å². The first-order chi connectivity index (χ1) is 13.5. The topological polar surface area (TPSA) is 87.4 Å². The lowest BCUT2D eigenvalue weighted by atomic mass is 10.1. The minimum absolute atomic E-state index is 0.0470. The summed E-state index contributed by atoms with van der Waals surface area (Å²) >= 11 is 5.19. The van der Waals surface area contributed by atoms with E-state index in [4.69, 9.17) is 16.6 Å². The minimum atomic E-state index is -0.121. The maximum atomic E-state index is 11.8. The lowest BCUT2D eigenvalue weighted by Gasteiger charge is -2.10. The maximum Gasteiger partial charge on any atom is 0.231 e. The minimum Gasteiger partial charge on any atom is -0.507 e. The summed E-state index contributed by atoms with van der Waals surface area (Å²) in [5.74, 6) is 0.247. The van der Waals surface area contributed by atoms with Gasteiger partial charge in [0.15, 0.2) is 10.7 Å². The summed E-state index contributed by atoms with van der Waals surface area (Å²) < 4.78 is 5.80. The molecule has 0 unspecified atom stereocenters. The van der Waals surface area contributed by atoms with Gasteiger partial charge < -0.3 is 20.2 Å². The number of benzene rings is 2. The number of aromatic nitrogens is 1. The number of anilines is 1. The molecule has 0 aliphatic rings. The summed E-state index contributed by atoms with van der Waals surface area (Å²) in [4.78, 5) is 16.3.